The third-order valence-electron chi connectivity index (χ3n) is 3.39. The molecule has 0 aromatic carbocycles. The maximum Gasteiger partial charge on any atom is 0.0526 e. The first-order valence-electron chi connectivity index (χ1n) is 5.72. The third kappa shape index (κ3) is 2.34. The molecule has 1 unspecified atom stereocenters. The first-order valence-corrected chi connectivity index (χ1v) is 5.72. The fourth-order valence-electron chi connectivity index (χ4n) is 1.99. The topological polar surface area (TPSA) is 9.72 Å². The largest absolute Gasteiger partial charge is 0.373 e. The van der Waals surface area contributed by atoms with E-state index in [9.17, 15) is 0 Å². The summed E-state index contributed by atoms with van der Waals surface area (Å²) in [6, 6.07) is 0.529. The third-order valence-corrected chi connectivity index (χ3v) is 3.39. The molecule has 0 aliphatic carbocycles. The van der Waals surface area contributed by atoms with Crippen molar-refractivity contribution in [3.05, 3.63) is 24.0 Å². The lowest BCUT2D eigenvalue weighted by Crippen LogP contribution is -2.44. The second-order valence-electron chi connectivity index (χ2n) is 4.61. The number of nitrogens with zero attached hydrogens (tertiary/aromatic N) is 3. The van der Waals surface area contributed by atoms with Crippen molar-refractivity contribution >= 4 is 0 Å². The average molecular weight is 207 g/mol. The molecule has 0 spiro atoms. The predicted molar refractivity (Wildman–Crippen MR) is 63.5 cm³/mol. The summed E-state index contributed by atoms with van der Waals surface area (Å²) in [6.45, 7) is 6.85. The summed E-state index contributed by atoms with van der Waals surface area (Å²) in [6.07, 6.45) is 6.79. The number of rotatable bonds is 1. The molecule has 3 heteroatoms. The molecule has 0 saturated carbocycles. The molecule has 2 aliphatic rings. The Balaban J connectivity index is 2.00. The van der Waals surface area contributed by atoms with Crippen molar-refractivity contribution in [3.8, 4) is 0 Å². The molecule has 0 aromatic rings. The first kappa shape index (κ1) is 10.6. The van der Waals surface area contributed by atoms with E-state index in [-0.39, 0.29) is 0 Å². The summed E-state index contributed by atoms with van der Waals surface area (Å²) in [5.41, 5.74) is 1.36. The van der Waals surface area contributed by atoms with Gasteiger partial charge in [0.1, 0.15) is 0 Å². The maximum absolute atomic E-state index is 2.47. The highest BCUT2D eigenvalue weighted by molar-refractivity contribution is 5.23. The molecule has 84 valence electrons. The lowest BCUT2D eigenvalue weighted by atomic mass is 10.1. The van der Waals surface area contributed by atoms with Crippen molar-refractivity contribution < 1.29 is 0 Å². The summed E-state index contributed by atoms with van der Waals surface area (Å²) in [5.74, 6) is 0. The van der Waals surface area contributed by atoms with E-state index in [1.807, 2.05) is 0 Å². The normalized spacial score (nSPS) is 28.2. The van der Waals surface area contributed by atoms with Gasteiger partial charge in [-0.15, -0.1) is 0 Å². The van der Waals surface area contributed by atoms with Crippen LogP contribution in [0.4, 0.5) is 0 Å². The standard InChI is InChI=1S/C12H21N3/c1-11-4-5-12(10-14(11)3)15-8-6-13(2)7-9-15/h4-5,10-11H,6-9H2,1-3H3. The van der Waals surface area contributed by atoms with Crippen molar-refractivity contribution in [2.24, 2.45) is 0 Å². The van der Waals surface area contributed by atoms with Crippen LogP contribution in [0.1, 0.15) is 6.92 Å². The molecule has 0 bridgehead atoms. The zero-order valence-electron chi connectivity index (χ0n) is 9.98. The molecular formula is C12H21N3. The number of hydrogen-bond donors (Lipinski definition) is 0. The van der Waals surface area contributed by atoms with Crippen molar-refractivity contribution in [1.29, 1.82) is 0 Å². The minimum atomic E-state index is 0.529. The number of piperazine rings is 1. The first-order chi connectivity index (χ1) is 7.16. The Hall–Kier alpha value is -0.960. The van der Waals surface area contributed by atoms with Crippen LogP contribution in [0.2, 0.25) is 0 Å². The summed E-state index contributed by atoms with van der Waals surface area (Å²) >= 11 is 0. The van der Waals surface area contributed by atoms with Crippen LogP contribution in [-0.2, 0) is 0 Å². The van der Waals surface area contributed by atoms with Gasteiger partial charge in [-0.1, -0.05) is 6.08 Å². The van der Waals surface area contributed by atoms with E-state index >= 15 is 0 Å². The second-order valence-corrected chi connectivity index (χ2v) is 4.61. The summed E-state index contributed by atoms with van der Waals surface area (Å²) in [7, 11) is 4.33. The van der Waals surface area contributed by atoms with Gasteiger partial charge in [0.25, 0.3) is 0 Å². The Morgan fingerprint density at radius 2 is 1.80 bits per heavy atom. The van der Waals surface area contributed by atoms with Crippen LogP contribution in [-0.4, -0.2) is 61.0 Å². The molecule has 2 heterocycles. The Labute approximate surface area is 92.6 Å². The van der Waals surface area contributed by atoms with Gasteiger partial charge >= 0.3 is 0 Å². The molecule has 2 aliphatic heterocycles. The summed E-state index contributed by atoms with van der Waals surface area (Å²) in [5, 5.41) is 0. The van der Waals surface area contributed by atoms with Crippen LogP contribution in [0.5, 0.6) is 0 Å². The Bertz CT molecular complexity index is 275. The smallest absolute Gasteiger partial charge is 0.0526 e. The number of likely N-dealkylation sites (N-methyl/N-ethyl adjacent to an activating group) is 2. The molecule has 3 nitrogen and oxygen atoms in total. The van der Waals surface area contributed by atoms with E-state index in [1.165, 1.54) is 18.8 Å². The zero-order chi connectivity index (χ0) is 10.8. The second kappa shape index (κ2) is 4.27. The monoisotopic (exact) mass is 207 g/mol. The van der Waals surface area contributed by atoms with Gasteiger partial charge in [-0.25, -0.2) is 0 Å². The van der Waals surface area contributed by atoms with Crippen LogP contribution in [0.25, 0.3) is 0 Å². The fraction of sp³-hybridized carbons (Fsp3) is 0.667. The molecule has 0 amide bonds. The Morgan fingerprint density at radius 3 is 2.40 bits per heavy atom. The minimum absolute atomic E-state index is 0.529. The van der Waals surface area contributed by atoms with Crippen LogP contribution in [0, 0.1) is 0 Å². The quantitative estimate of drug-likeness (QED) is 0.634. The molecular weight excluding hydrogens is 186 g/mol. The molecule has 15 heavy (non-hydrogen) atoms. The predicted octanol–water partition coefficient (Wildman–Crippen LogP) is 0.965. The van der Waals surface area contributed by atoms with Gasteiger partial charge in [0.05, 0.1) is 5.70 Å². The summed E-state index contributed by atoms with van der Waals surface area (Å²) < 4.78 is 0. The van der Waals surface area contributed by atoms with Crippen molar-refractivity contribution in [2.75, 3.05) is 40.3 Å². The molecule has 0 N–H and O–H groups in total. The van der Waals surface area contributed by atoms with Crippen LogP contribution >= 0.6 is 0 Å². The zero-order valence-corrected chi connectivity index (χ0v) is 9.98. The molecule has 2 rings (SSSR count). The minimum Gasteiger partial charge on any atom is -0.373 e. The van der Waals surface area contributed by atoms with Crippen molar-refractivity contribution in [2.45, 2.75) is 13.0 Å². The number of hydrogen-bond acceptors (Lipinski definition) is 3. The van der Waals surface area contributed by atoms with E-state index < -0.39 is 0 Å². The van der Waals surface area contributed by atoms with Crippen molar-refractivity contribution in [1.82, 2.24) is 14.7 Å². The van der Waals surface area contributed by atoms with Gasteiger partial charge in [0, 0.05) is 45.5 Å². The SMILES string of the molecule is CC1C=CC(N2CCN(C)CC2)=CN1C. The molecule has 0 aromatic heterocycles. The van der Waals surface area contributed by atoms with Gasteiger partial charge < -0.3 is 14.7 Å². The number of allylic oxidation sites excluding steroid dienone is 1. The maximum atomic E-state index is 2.47. The Kier molecular flexibility index (Phi) is 3.00. The van der Waals surface area contributed by atoms with Gasteiger partial charge in [0.2, 0.25) is 0 Å². The lowest BCUT2D eigenvalue weighted by molar-refractivity contribution is 0.186. The van der Waals surface area contributed by atoms with Crippen LogP contribution in [0.3, 0.4) is 0 Å². The van der Waals surface area contributed by atoms with Gasteiger partial charge in [0.15, 0.2) is 0 Å². The average Bonchev–Trinajstić information content (AvgIpc) is 2.23. The van der Waals surface area contributed by atoms with E-state index in [0.29, 0.717) is 6.04 Å². The van der Waals surface area contributed by atoms with E-state index in [2.05, 4.69) is 54.1 Å². The molecule has 0 radical (unpaired) electrons. The highest BCUT2D eigenvalue weighted by Crippen LogP contribution is 2.16. The van der Waals surface area contributed by atoms with Crippen LogP contribution < -0.4 is 0 Å². The van der Waals surface area contributed by atoms with Gasteiger partial charge in [-0.2, -0.15) is 0 Å². The lowest BCUT2D eigenvalue weighted by Gasteiger charge is -2.37. The fourth-order valence-corrected chi connectivity index (χ4v) is 1.99. The molecule has 1 fully saturated rings. The van der Waals surface area contributed by atoms with E-state index in [4.69, 9.17) is 0 Å². The van der Waals surface area contributed by atoms with Gasteiger partial charge in [-0.3, -0.25) is 0 Å². The Morgan fingerprint density at radius 1 is 1.13 bits per heavy atom. The van der Waals surface area contributed by atoms with Crippen LogP contribution in [0.15, 0.2) is 24.0 Å². The highest BCUT2D eigenvalue weighted by Gasteiger charge is 2.17. The van der Waals surface area contributed by atoms with E-state index in [1.54, 1.807) is 0 Å². The summed E-state index contributed by atoms with van der Waals surface area (Å²) in [4.78, 5) is 7.13. The highest BCUT2D eigenvalue weighted by atomic mass is 15.3. The van der Waals surface area contributed by atoms with Crippen molar-refractivity contribution in [3.63, 3.8) is 0 Å². The van der Waals surface area contributed by atoms with E-state index in [0.717, 1.165) is 13.1 Å². The van der Waals surface area contributed by atoms with Gasteiger partial charge in [-0.05, 0) is 20.0 Å². The molecule has 1 saturated heterocycles. The molecule has 1 atom stereocenters.